The highest BCUT2D eigenvalue weighted by Crippen LogP contribution is 2.29. The van der Waals surface area contributed by atoms with E-state index in [0.717, 1.165) is 11.9 Å². The van der Waals surface area contributed by atoms with E-state index in [1.807, 2.05) is 4.90 Å². The van der Waals surface area contributed by atoms with Gasteiger partial charge in [0.15, 0.2) is 6.04 Å². The van der Waals surface area contributed by atoms with Crippen LogP contribution in [0.25, 0.3) is 0 Å². The van der Waals surface area contributed by atoms with Gasteiger partial charge in [0.2, 0.25) is 5.82 Å². The van der Waals surface area contributed by atoms with Crippen LogP contribution in [0.3, 0.4) is 0 Å². The van der Waals surface area contributed by atoms with Crippen molar-refractivity contribution in [2.24, 2.45) is 5.92 Å². The second-order valence-corrected chi connectivity index (χ2v) is 9.65. The standard InChI is InChI=1S/C21H38N6/c1-17(2)20(21-22-23-24-27(21)19-11-7-4-8-12-19)26-15-13-25(14-16-26)18-9-5-3-6-10-18/h17-20H,3-16H2,1-2H3/p+2/t20-/m1/s1. The van der Waals surface area contributed by atoms with Crippen LogP contribution >= 0.6 is 0 Å². The molecule has 4 rings (SSSR count). The predicted molar refractivity (Wildman–Crippen MR) is 106 cm³/mol. The Morgan fingerprint density at radius 1 is 0.852 bits per heavy atom. The Kier molecular flexibility index (Phi) is 6.43. The molecule has 2 N–H and O–H groups in total. The van der Waals surface area contributed by atoms with Crippen LogP contribution < -0.4 is 9.80 Å². The molecule has 152 valence electrons. The monoisotopic (exact) mass is 376 g/mol. The van der Waals surface area contributed by atoms with Crippen LogP contribution in [-0.4, -0.2) is 52.4 Å². The third-order valence-electron chi connectivity index (χ3n) is 7.54. The summed E-state index contributed by atoms with van der Waals surface area (Å²) in [5, 5.41) is 13.2. The molecule has 3 aliphatic rings. The lowest BCUT2D eigenvalue weighted by Gasteiger charge is -2.39. The van der Waals surface area contributed by atoms with Gasteiger partial charge in [-0.05, 0) is 49.0 Å². The van der Waals surface area contributed by atoms with Crippen LogP contribution in [0.5, 0.6) is 0 Å². The van der Waals surface area contributed by atoms with Gasteiger partial charge in [-0.25, -0.2) is 4.68 Å². The van der Waals surface area contributed by atoms with Crippen molar-refractivity contribution >= 4 is 0 Å². The van der Waals surface area contributed by atoms with Crippen LogP contribution in [0.2, 0.25) is 0 Å². The topological polar surface area (TPSA) is 52.5 Å². The lowest BCUT2D eigenvalue weighted by atomic mass is 9.93. The second-order valence-electron chi connectivity index (χ2n) is 9.65. The third-order valence-corrected chi connectivity index (χ3v) is 7.54. The molecule has 2 aliphatic carbocycles. The summed E-state index contributed by atoms with van der Waals surface area (Å²) in [6, 6.07) is 1.90. The van der Waals surface area contributed by atoms with Crippen LogP contribution in [0.4, 0.5) is 0 Å². The number of rotatable bonds is 5. The number of hydrogen-bond donors (Lipinski definition) is 2. The number of quaternary nitrogens is 2. The van der Waals surface area contributed by atoms with Crippen molar-refractivity contribution in [3.8, 4) is 0 Å². The molecule has 3 fully saturated rings. The summed E-state index contributed by atoms with van der Waals surface area (Å²) in [5.41, 5.74) is 0. The van der Waals surface area contributed by atoms with Crippen LogP contribution in [0.1, 0.15) is 96.0 Å². The van der Waals surface area contributed by atoms with Crippen molar-refractivity contribution in [1.29, 1.82) is 0 Å². The Balaban J connectivity index is 1.44. The van der Waals surface area contributed by atoms with Crippen LogP contribution in [0, 0.1) is 5.92 Å². The maximum Gasteiger partial charge on any atom is 0.209 e. The van der Waals surface area contributed by atoms with Crippen molar-refractivity contribution in [2.75, 3.05) is 26.2 Å². The van der Waals surface area contributed by atoms with Crippen molar-refractivity contribution in [2.45, 2.75) is 96.2 Å². The molecule has 0 radical (unpaired) electrons. The molecule has 0 aromatic carbocycles. The van der Waals surface area contributed by atoms with E-state index in [4.69, 9.17) is 0 Å². The van der Waals surface area contributed by atoms with Gasteiger partial charge in [-0.1, -0.05) is 39.5 Å². The Morgan fingerprint density at radius 2 is 1.48 bits per heavy atom. The van der Waals surface area contributed by atoms with Crippen LogP contribution in [-0.2, 0) is 0 Å². The molecule has 1 aliphatic heterocycles. The molecule has 2 heterocycles. The highest BCUT2D eigenvalue weighted by atomic mass is 15.6. The number of piperazine rings is 1. The van der Waals surface area contributed by atoms with Crippen LogP contribution in [0.15, 0.2) is 0 Å². The van der Waals surface area contributed by atoms with E-state index in [0.29, 0.717) is 18.0 Å². The first-order chi connectivity index (χ1) is 13.2. The lowest BCUT2D eigenvalue weighted by Crippen LogP contribution is -3.30. The lowest BCUT2D eigenvalue weighted by molar-refractivity contribution is -1.04. The highest BCUT2D eigenvalue weighted by Gasteiger charge is 2.39. The molecule has 0 spiro atoms. The SMILES string of the molecule is CC(C)[C@H](c1nnnn1C1CCCCC1)[NH+]1CC[NH+](C2CCCCC2)CC1. The fourth-order valence-electron chi connectivity index (χ4n) is 6.07. The van der Waals surface area contributed by atoms with E-state index in [2.05, 4.69) is 34.1 Å². The summed E-state index contributed by atoms with van der Waals surface area (Å²) in [7, 11) is 0. The minimum atomic E-state index is 0.440. The van der Waals surface area contributed by atoms with E-state index < -0.39 is 0 Å². The minimum absolute atomic E-state index is 0.440. The normalized spacial score (nSPS) is 29.9. The van der Waals surface area contributed by atoms with Crippen molar-refractivity contribution in [3.63, 3.8) is 0 Å². The largest absolute Gasteiger partial charge is 0.323 e. The van der Waals surface area contributed by atoms with E-state index in [1.165, 1.54) is 90.4 Å². The Bertz CT molecular complexity index is 565. The zero-order valence-electron chi connectivity index (χ0n) is 17.5. The summed E-state index contributed by atoms with van der Waals surface area (Å²) in [4.78, 5) is 3.60. The van der Waals surface area contributed by atoms with Gasteiger partial charge < -0.3 is 9.80 Å². The summed E-state index contributed by atoms with van der Waals surface area (Å²) < 4.78 is 2.22. The van der Waals surface area contributed by atoms with Crippen molar-refractivity contribution in [3.05, 3.63) is 5.82 Å². The number of hydrogen-bond acceptors (Lipinski definition) is 3. The van der Waals surface area contributed by atoms with Gasteiger partial charge in [0, 0.05) is 5.92 Å². The Hall–Kier alpha value is -1.01. The molecule has 1 atom stereocenters. The quantitative estimate of drug-likeness (QED) is 0.806. The fourth-order valence-corrected chi connectivity index (χ4v) is 6.07. The number of aromatic nitrogens is 4. The van der Waals surface area contributed by atoms with E-state index in [9.17, 15) is 0 Å². The van der Waals surface area contributed by atoms with Gasteiger partial charge >= 0.3 is 0 Å². The molecule has 0 bridgehead atoms. The smallest absolute Gasteiger partial charge is 0.209 e. The molecule has 1 aromatic heterocycles. The van der Waals surface area contributed by atoms with Gasteiger partial charge in [0.25, 0.3) is 0 Å². The molecule has 27 heavy (non-hydrogen) atoms. The van der Waals surface area contributed by atoms with E-state index in [-0.39, 0.29) is 0 Å². The van der Waals surface area contributed by atoms with Gasteiger partial charge in [-0.2, -0.15) is 0 Å². The van der Waals surface area contributed by atoms with Gasteiger partial charge in [-0.3, -0.25) is 0 Å². The Morgan fingerprint density at radius 3 is 2.11 bits per heavy atom. The first kappa shape index (κ1) is 19.3. The molecule has 0 amide bonds. The van der Waals surface area contributed by atoms with Crippen molar-refractivity contribution in [1.82, 2.24) is 20.2 Å². The zero-order chi connectivity index (χ0) is 18.6. The molecule has 1 saturated heterocycles. The first-order valence-electron chi connectivity index (χ1n) is 11.7. The summed E-state index contributed by atoms with van der Waals surface area (Å²) in [5.74, 6) is 1.73. The molecule has 0 unspecified atom stereocenters. The average molecular weight is 377 g/mol. The zero-order valence-corrected chi connectivity index (χ0v) is 17.5. The molecule has 6 nitrogen and oxygen atoms in total. The average Bonchev–Trinajstić information content (AvgIpc) is 3.19. The molecule has 6 heteroatoms. The molecule has 2 saturated carbocycles. The molecular weight excluding hydrogens is 336 g/mol. The van der Waals surface area contributed by atoms with Gasteiger partial charge in [0.05, 0.1) is 12.1 Å². The fraction of sp³-hybridized carbons (Fsp3) is 0.952. The second kappa shape index (κ2) is 8.99. The maximum atomic E-state index is 4.57. The molecule has 1 aromatic rings. The summed E-state index contributed by atoms with van der Waals surface area (Å²) >= 11 is 0. The first-order valence-corrected chi connectivity index (χ1v) is 11.7. The van der Waals surface area contributed by atoms with Gasteiger partial charge in [-0.15, -0.1) is 5.10 Å². The van der Waals surface area contributed by atoms with Crippen molar-refractivity contribution < 1.29 is 9.80 Å². The highest BCUT2D eigenvalue weighted by molar-refractivity contribution is 4.92. The Labute approximate surface area is 164 Å². The number of tetrazole rings is 1. The summed E-state index contributed by atoms with van der Waals surface area (Å²) in [6.07, 6.45) is 13.8. The molecular formula is C21H40N6+2. The maximum absolute atomic E-state index is 4.57. The number of nitrogens with zero attached hydrogens (tertiary/aromatic N) is 4. The minimum Gasteiger partial charge on any atom is -0.323 e. The van der Waals surface area contributed by atoms with Gasteiger partial charge in [0.1, 0.15) is 26.2 Å². The number of nitrogens with one attached hydrogen (secondary N) is 2. The third kappa shape index (κ3) is 4.37. The predicted octanol–water partition coefficient (Wildman–Crippen LogP) is 0.992. The summed E-state index contributed by atoms with van der Waals surface area (Å²) in [6.45, 7) is 9.91. The van der Waals surface area contributed by atoms with E-state index in [1.54, 1.807) is 4.90 Å². The van der Waals surface area contributed by atoms with E-state index >= 15 is 0 Å².